The number of aliphatic hydroxyl groups is 1. The first-order chi connectivity index (χ1) is 6.29. The molecular weight excluding hydrogens is 184 g/mol. The maximum atomic E-state index is 9.87. The molecule has 0 saturated heterocycles. The molecule has 2 heterocycles. The second-order valence-electron chi connectivity index (χ2n) is 2.89. The van der Waals surface area contributed by atoms with E-state index in [0.717, 1.165) is 10.4 Å². The number of thiophene rings is 1. The van der Waals surface area contributed by atoms with Crippen molar-refractivity contribution < 1.29 is 9.52 Å². The van der Waals surface area contributed by atoms with Gasteiger partial charge in [-0.3, -0.25) is 0 Å². The van der Waals surface area contributed by atoms with Crippen LogP contribution in [0, 0.1) is 6.92 Å². The molecule has 2 nitrogen and oxygen atoms in total. The van der Waals surface area contributed by atoms with Gasteiger partial charge in [0.05, 0.1) is 6.26 Å². The first-order valence-electron chi connectivity index (χ1n) is 4.04. The molecule has 0 aliphatic carbocycles. The van der Waals surface area contributed by atoms with Crippen molar-refractivity contribution in [2.24, 2.45) is 0 Å². The Morgan fingerprint density at radius 2 is 2.31 bits per heavy atom. The number of aryl methyl sites for hydroxylation is 1. The molecule has 68 valence electrons. The maximum Gasteiger partial charge on any atom is 0.146 e. The molecule has 0 aromatic carbocycles. The van der Waals surface area contributed by atoms with Gasteiger partial charge in [-0.15, -0.1) is 11.3 Å². The number of hydrogen-bond acceptors (Lipinski definition) is 3. The van der Waals surface area contributed by atoms with Gasteiger partial charge in [-0.25, -0.2) is 0 Å². The minimum absolute atomic E-state index is 0.602. The zero-order valence-corrected chi connectivity index (χ0v) is 8.04. The molecule has 0 aliphatic heterocycles. The van der Waals surface area contributed by atoms with Crippen LogP contribution < -0.4 is 0 Å². The summed E-state index contributed by atoms with van der Waals surface area (Å²) in [5.74, 6) is 0.602. The molecule has 1 atom stereocenters. The topological polar surface area (TPSA) is 33.4 Å². The Hall–Kier alpha value is -1.06. The van der Waals surface area contributed by atoms with Crippen molar-refractivity contribution in [2.75, 3.05) is 0 Å². The van der Waals surface area contributed by atoms with Crippen LogP contribution in [0.2, 0.25) is 0 Å². The van der Waals surface area contributed by atoms with E-state index < -0.39 is 6.10 Å². The monoisotopic (exact) mass is 194 g/mol. The Bertz CT molecular complexity index is 375. The van der Waals surface area contributed by atoms with E-state index in [1.165, 1.54) is 0 Å². The van der Waals surface area contributed by atoms with Gasteiger partial charge in [0.2, 0.25) is 0 Å². The molecule has 2 rings (SSSR count). The predicted molar refractivity (Wildman–Crippen MR) is 51.8 cm³/mol. The first kappa shape index (κ1) is 8.53. The SMILES string of the molecule is Cc1ccsc1C(O)c1ccco1. The molecule has 1 unspecified atom stereocenters. The molecule has 1 N–H and O–H groups in total. The van der Waals surface area contributed by atoms with Crippen molar-refractivity contribution in [1.29, 1.82) is 0 Å². The van der Waals surface area contributed by atoms with Gasteiger partial charge < -0.3 is 9.52 Å². The lowest BCUT2D eigenvalue weighted by Gasteiger charge is -2.05. The lowest BCUT2D eigenvalue weighted by Crippen LogP contribution is -1.96. The van der Waals surface area contributed by atoms with E-state index in [9.17, 15) is 5.11 Å². The summed E-state index contributed by atoms with van der Waals surface area (Å²) in [6.45, 7) is 1.98. The second-order valence-corrected chi connectivity index (χ2v) is 3.83. The molecule has 0 spiro atoms. The molecule has 2 aromatic heterocycles. The van der Waals surface area contributed by atoms with Crippen molar-refractivity contribution in [3.63, 3.8) is 0 Å². The summed E-state index contributed by atoms with van der Waals surface area (Å²) in [5, 5.41) is 11.8. The van der Waals surface area contributed by atoms with Gasteiger partial charge in [0, 0.05) is 4.88 Å². The van der Waals surface area contributed by atoms with Crippen LogP contribution in [0.25, 0.3) is 0 Å². The Balaban J connectivity index is 2.33. The lowest BCUT2D eigenvalue weighted by molar-refractivity contribution is 0.192. The normalized spacial score (nSPS) is 13.1. The minimum Gasteiger partial charge on any atom is -0.466 e. The highest BCUT2D eigenvalue weighted by Gasteiger charge is 2.15. The average Bonchev–Trinajstić information content (AvgIpc) is 2.72. The predicted octanol–water partition coefficient (Wildman–Crippen LogP) is 2.73. The smallest absolute Gasteiger partial charge is 0.146 e. The summed E-state index contributed by atoms with van der Waals surface area (Å²) in [6, 6.07) is 5.55. The molecule has 0 aliphatic rings. The highest BCUT2D eigenvalue weighted by Crippen LogP contribution is 2.29. The quantitative estimate of drug-likeness (QED) is 0.797. The maximum absolute atomic E-state index is 9.87. The van der Waals surface area contributed by atoms with Crippen LogP contribution in [0.4, 0.5) is 0 Å². The van der Waals surface area contributed by atoms with E-state index in [2.05, 4.69) is 0 Å². The van der Waals surface area contributed by atoms with E-state index in [1.807, 2.05) is 18.4 Å². The first-order valence-corrected chi connectivity index (χ1v) is 4.92. The van der Waals surface area contributed by atoms with Crippen LogP contribution in [0.15, 0.2) is 34.3 Å². The molecule has 0 radical (unpaired) electrons. The van der Waals surface area contributed by atoms with Crippen LogP contribution in [0.3, 0.4) is 0 Å². The summed E-state index contributed by atoms with van der Waals surface area (Å²) in [4.78, 5) is 0.954. The van der Waals surface area contributed by atoms with E-state index in [4.69, 9.17) is 4.42 Å². The summed E-state index contributed by atoms with van der Waals surface area (Å²) in [5.41, 5.74) is 1.11. The molecule has 0 amide bonds. The van der Waals surface area contributed by atoms with E-state index in [-0.39, 0.29) is 0 Å². The summed E-state index contributed by atoms with van der Waals surface area (Å²) in [7, 11) is 0. The van der Waals surface area contributed by atoms with Gasteiger partial charge in [0.25, 0.3) is 0 Å². The molecule has 0 fully saturated rings. The Morgan fingerprint density at radius 3 is 2.85 bits per heavy atom. The third kappa shape index (κ3) is 1.53. The summed E-state index contributed by atoms with van der Waals surface area (Å²) >= 11 is 1.55. The van der Waals surface area contributed by atoms with Crippen LogP contribution in [0.5, 0.6) is 0 Å². The fourth-order valence-electron chi connectivity index (χ4n) is 1.24. The van der Waals surface area contributed by atoms with Gasteiger partial charge in [0.15, 0.2) is 0 Å². The van der Waals surface area contributed by atoms with Gasteiger partial charge >= 0.3 is 0 Å². The highest BCUT2D eigenvalue weighted by atomic mass is 32.1. The lowest BCUT2D eigenvalue weighted by atomic mass is 10.2. The molecule has 0 bridgehead atoms. The zero-order valence-electron chi connectivity index (χ0n) is 7.23. The summed E-state index contributed by atoms with van der Waals surface area (Å²) < 4.78 is 5.13. The van der Waals surface area contributed by atoms with Gasteiger partial charge in [-0.1, -0.05) is 0 Å². The largest absolute Gasteiger partial charge is 0.466 e. The Labute approximate surface area is 80.4 Å². The van der Waals surface area contributed by atoms with Crippen molar-refractivity contribution in [3.8, 4) is 0 Å². The van der Waals surface area contributed by atoms with Crippen LogP contribution in [0.1, 0.15) is 22.3 Å². The Morgan fingerprint density at radius 1 is 1.46 bits per heavy atom. The minimum atomic E-state index is -0.616. The standard InChI is InChI=1S/C10H10O2S/c1-7-4-6-13-10(7)9(11)8-3-2-5-12-8/h2-6,9,11H,1H3. The van der Waals surface area contributed by atoms with Crippen molar-refractivity contribution in [2.45, 2.75) is 13.0 Å². The average molecular weight is 194 g/mol. The van der Waals surface area contributed by atoms with Crippen molar-refractivity contribution >= 4 is 11.3 Å². The van der Waals surface area contributed by atoms with E-state index in [0.29, 0.717) is 5.76 Å². The number of furan rings is 1. The van der Waals surface area contributed by atoms with Gasteiger partial charge in [-0.2, -0.15) is 0 Å². The Kier molecular flexibility index (Phi) is 2.20. The second kappa shape index (κ2) is 3.36. The van der Waals surface area contributed by atoms with Gasteiger partial charge in [0.1, 0.15) is 11.9 Å². The molecule has 0 saturated carbocycles. The summed E-state index contributed by atoms with van der Waals surface area (Å²) in [6.07, 6.45) is 0.955. The van der Waals surface area contributed by atoms with Gasteiger partial charge in [-0.05, 0) is 36.1 Å². The van der Waals surface area contributed by atoms with E-state index in [1.54, 1.807) is 29.7 Å². The number of rotatable bonds is 2. The fraction of sp³-hybridized carbons (Fsp3) is 0.200. The number of hydrogen-bond donors (Lipinski definition) is 1. The van der Waals surface area contributed by atoms with Crippen molar-refractivity contribution in [3.05, 3.63) is 46.0 Å². The van der Waals surface area contributed by atoms with Crippen LogP contribution >= 0.6 is 11.3 Å². The third-order valence-electron chi connectivity index (χ3n) is 1.96. The fourth-order valence-corrected chi connectivity index (χ4v) is 2.16. The van der Waals surface area contributed by atoms with E-state index >= 15 is 0 Å². The number of aliphatic hydroxyl groups excluding tert-OH is 1. The molecule has 13 heavy (non-hydrogen) atoms. The highest BCUT2D eigenvalue weighted by molar-refractivity contribution is 7.10. The molecular formula is C10H10O2S. The van der Waals surface area contributed by atoms with Crippen LogP contribution in [-0.4, -0.2) is 5.11 Å². The molecule has 3 heteroatoms. The zero-order chi connectivity index (χ0) is 9.26. The van der Waals surface area contributed by atoms with Crippen molar-refractivity contribution in [1.82, 2.24) is 0 Å². The van der Waals surface area contributed by atoms with Crippen LogP contribution in [-0.2, 0) is 0 Å². The molecule has 2 aromatic rings. The third-order valence-corrected chi connectivity index (χ3v) is 3.03.